The smallest absolute Gasteiger partial charge is 0.341 e. The fraction of sp³-hybridized carbons (Fsp3) is 0.0833. The van der Waals surface area contributed by atoms with Crippen molar-refractivity contribution in [3.8, 4) is 11.1 Å². The summed E-state index contributed by atoms with van der Waals surface area (Å²) in [5.41, 5.74) is 8.21. The zero-order valence-corrected chi connectivity index (χ0v) is 8.77. The van der Waals surface area contributed by atoms with E-state index in [4.69, 9.17) is 10.2 Å². The highest BCUT2D eigenvalue weighted by Crippen LogP contribution is 2.26. The summed E-state index contributed by atoms with van der Waals surface area (Å²) in [6, 6.07) is 7.23. The number of hydrogen-bond acceptors (Lipinski definition) is 4. The largest absolute Gasteiger partial charge is 0.471 e. The Morgan fingerprint density at radius 2 is 2.19 bits per heavy atom. The van der Waals surface area contributed by atoms with Crippen molar-refractivity contribution in [1.29, 1.82) is 0 Å². The molecule has 4 heteroatoms. The summed E-state index contributed by atoms with van der Waals surface area (Å²) in [6.07, 6.45) is 2.87. The van der Waals surface area contributed by atoms with Crippen molar-refractivity contribution in [3.63, 3.8) is 0 Å². The molecular weight excluding hydrogens is 206 g/mol. The lowest BCUT2D eigenvalue weighted by Crippen LogP contribution is -2.01. The zero-order chi connectivity index (χ0) is 11.5. The molecule has 1 aromatic heterocycles. The van der Waals surface area contributed by atoms with E-state index in [1.54, 1.807) is 12.1 Å². The first kappa shape index (κ1) is 10.3. The van der Waals surface area contributed by atoms with E-state index in [0.29, 0.717) is 16.8 Å². The molecule has 0 amide bonds. The molecule has 0 atom stereocenters. The fourth-order valence-corrected chi connectivity index (χ4v) is 1.49. The van der Waals surface area contributed by atoms with Crippen LogP contribution in [-0.4, -0.2) is 13.1 Å². The van der Waals surface area contributed by atoms with Crippen LogP contribution in [0.15, 0.2) is 41.2 Å². The van der Waals surface area contributed by atoms with Gasteiger partial charge in [0.2, 0.25) is 0 Å². The molecule has 16 heavy (non-hydrogen) atoms. The monoisotopic (exact) mass is 217 g/mol. The van der Waals surface area contributed by atoms with E-state index in [2.05, 4.69) is 4.74 Å². The van der Waals surface area contributed by atoms with Crippen LogP contribution in [0.5, 0.6) is 0 Å². The minimum absolute atomic E-state index is 0.396. The first-order valence-corrected chi connectivity index (χ1v) is 4.73. The van der Waals surface area contributed by atoms with Gasteiger partial charge in [-0.1, -0.05) is 12.1 Å². The summed E-state index contributed by atoms with van der Waals surface area (Å²) in [6.45, 7) is 0. The van der Waals surface area contributed by atoms with E-state index >= 15 is 0 Å². The Kier molecular flexibility index (Phi) is 2.64. The quantitative estimate of drug-likeness (QED) is 0.619. The number of carbonyl (C=O) groups is 1. The second-order valence-corrected chi connectivity index (χ2v) is 3.32. The Morgan fingerprint density at radius 1 is 1.38 bits per heavy atom. The molecule has 0 unspecified atom stereocenters. The molecule has 2 N–H and O–H groups in total. The van der Waals surface area contributed by atoms with Gasteiger partial charge in [-0.05, 0) is 17.7 Å². The molecule has 1 heterocycles. The van der Waals surface area contributed by atoms with E-state index in [1.807, 2.05) is 12.1 Å². The summed E-state index contributed by atoms with van der Waals surface area (Å²) in [4.78, 5) is 11.4. The van der Waals surface area contributed by atoms with Crippen molar-refractivity contribution >= 4 is 11.7 Å². The summed E-state index contributed by atoms with van der Waals surface area (Å²) in [5, 5.41) is 0. The van der Waals surface area contributed by atoms with Crippen LogP contribution >= 0.6 is 0 Å². The Bertz CT molecular complexity index is 516. The van der Waals surface area contributed by atoms with Gasteiger partial charge in [0, 0.05) is 11.3 Å². The highest BCUT2D eigenvalue weighted by molar-refractivity contribution is 5.96. The van der Waals surface area contributed by atoms with Crippen molar-refractivity contribution < 1.29 is 13.9 Å². The number of anilines is 1. The topological polar surface area (TPSA) is 65.5 Å². The van der Waals surface area contributed by atoms with Crippen molar-refractivity contribution in [2.45, 2.75) is 0 Å². The highest BCUT2D eigenvalue weighted by Gasteiger charge is 2.15. The SMILES string of the molecule is COC(=O)c1cocc1-c1cccc(N)c1. The van der Waals surface area contributed by atoms with E-state index in [9.17, 15) is 4.79 Å². The molecule has 0 aliphatic carbocycles. The number of carbonyl (C=O) groups excluding carboxylic acids is 1. The van der Waals surface area contributed by atoms with Crippen LogP contribution in [0.4, 0.5) is 5.69 Å². The number of ether oxygens (including phenoxy) is 1. The third kappa shape index (κ3) is 1.77. The maximum Gasteiger partial charge on any atom is 0.341 e. The van der Waals surface area contributed by atoms with Gasteiger partial charge in [0.05, 0.1) is 13.4 Å². The molecule has 0 spiro atoms. The van der Waals surface area contributed by atoms with Crippen LogP contribution in [0.25, 0.3) is 11.1 Å². The molecule has 0 aliphatic heterocycles. The summed E-state index contributed by atoms with van der Waals surface area (Å²) in [7, 11) is 1.33. The third-order valence-electron chi connectivity index (χ3n) is 2.26. The minimum atomic E-state index is -0.425. The number of esters is 1. The third-order valence-corrected chi connectivity index (χ3v) is 2.26. The summed E-state index contributed by atoms with van der Waals surface area (Å²) < 4.78 is 9.68. The zero-order valence-electron chi connectivity index (χ0n) is 8.77. The van der Waals surface area contributed by atoms with Crippen molar-refractivity contribution in [2.75, 3.05) is 12.8 Å². The first-order valence-electron chi connectivity index (χ1n) is 4.73. The maximum absolute atomic E-state index is 11.4. The maximum atomic E-state index is 11.4. The molecule has 0 saturated heterocycles. The predicted octanol–water partition coefficient (Wildman–Crippen LogP) is 2.32. The van der Waals surface area contributed by atoms with Gasteiger partial charge < -0.3 is 14.9 Å². The molecule has 2 rings (SSSR count). The van der Waals surface area contributed by atoms with E-state index in [1.165, 1.54) is 19.6 Å². The van der Waals surface area contributed by atoms with Gasteiger partial charge in [-0.15, -0.1) is 0 Å². The molecule has 0 fully saturated rings. The number of methoxy groups -OCH3 is 1. The standard InChI is InChI=1S/C12H11NO3/c1-15-12(14)11-7-16-6-10(11)8-3-2-4-9(13)5-8/h2-7H,13H2,1H3. The number of hydrogen-bond donors (Lipinski definition) is 1. The highest BCUT2D eigenvalue weighted by atomic mass is 16.5. The second kappa shape index (κ2) is 4.10. The Hall–Kier alpha value is -2.23. The molecule has 1 aromatic carbocycles. The lowest BCUT2D eigenvalue weighted by molar-refractivity contribution is 0.0600. The molecule has 4 nitrogen and oxygen atoms in total. The lowest BCUT2D eigenvalue weighted by Gasteiger charge is -2.02. The first-order chi connectivity index (χ1) is 7.72. The van der Waals surface area contributed by atoms with Gasteiger partial charge in [0.1, 0.15) is 11.8 Å². The van der Waals surface area contributed by atoms with Gasteiger partial charge in [0.25, 0.3) is 0 Å². The van der Waals surface area contributed by atoms with Gasteiger partial charge in [-0.3, -0.25) is 0 Å². The van der Waals surface area contributed by atoms with Crippen LogP contribution < -0.4 is 5.73 Å². The molecule has 0 saturated carbocycles. The predicted molar refractivity (Wildman–Crippen MR) is 59.9 cm³/mol. The van der Waals surface area contributed by atoms with E-state index in [-0.39, 0.29) is 0 Å². The average molecular weight is 217 g/mol. The van der Waals surface area contributed by atoms with Crippen molar-refractivity contribution in [2.24, 2.45) is 0 Å². The van der Waals surface area contributed by atoms with Crippen molar-refractivity contribution in [3.05, 3.63) is 42.4 Å². The van der Waals surface area contributed by atoms with Gasteiger partial charge >= 0.3 is 5.97 Å². The Balaban J connectivity index is 2.48. The minimum Gasteiger partial charge on any atom is -0.471 e. The molecule has 82 valence electrons. The Morgan fingerprint density at radius 3 is 2.88 bits per heavy atom. The van der Waals surface area contributed by atoms with Crippen LogP contribution in [0.3, 0.4) is 0 Å². The number of benzene rings is 1. The molecule has 0 bridgehead atoms. The number of rotatable bonds is 2. The lowest BCUT2D eigenvalue weighted by atomic mass is 10.0. The fourth-order valence-electron chi connectivity index (χ4n) is 1.49. The van der Waals surface area contributed by atoms with Gasteiger partial charge in [-0.2, -0.15) is 0 Å². The van der Waals surface area contributed by atoms with Crippen molar-refractivity contribution in [1.82, 2.24) is 0 Å². The van der Waals surface area contributed by atoms with Gasteiger partial charge in [-0.25, -0.2) is 4.79 Å². The summed E-state index contributed by atoms with van der Waals surface area (Å²) in [5.74, 6) is -0.425. The van der Waals surface area contributed by atoms with E-state index in [0.717, 1.165) is 5.56 Å². The van der Waals surface area contributed by atoms with Crippen LogP contribution in [0, 0.1) is 0 Å². The number of nitrogen functional groups attached to an aromatic ring is 1. The van der Waals surface area contributed by atoms with Gasteiger partial charge in [0.15, 0.2) is 0 Å². The number of nitrogens with two attached hydrogens (primary N) is 1. The molecule has 2 aromatic rings. The Labute approximate surface area is 92.6 Å². The van der Waals surface area contributed by atoms with Crippen LogP contribution in [0.1, 0.15) is 10.4 Å². The van der Waals surface area contributed by atoms with Crippen LogP contribution in [-0.2, 0) is 4.74 Å². The van der Waals surface area contributed by atoms with E-state index < -0.39 is 5.97 Å². The van der Waals surface area contributed by atoms with Crippen LogP contribution in [0.2, 0.25) is 0 Å². The normalized spacial score (nSPS) is 10.1. The summed E-state index contributed by atoms with van der Waals surface area (Å²) >= 11 is 0. The molecule has 0 aliphatic rings. The average Bonchev–Trinajstić information content (AvgIpc) is 2.77. The molecule has 0 radical (unpaired) electrons. The molecular formula is C12H11NO3. The number of furan rings is 1. The second-order valence-electron chi connectivity index (χ2n) is 3.32.